The zero-order valence-electron chi connectivity index (χ0n) is 14.3. The van der Waals surface area contributed by atoms with Gasteiger partial charge in [-0.05, 0) is 48.7 Å². The Kier molecular flexibility index (Phi) is 6.54. The van der Waals surface area contributed by atoms with E-state index in [9.17, 15) is 14.7 Å². The van der Waals surface area contributed by atoms with E-state index < -0.39 is 11.8 Å². The predicted octanol–water partition coefficient (Wildman–Crippen LogP) is 2.14. The maximum atomic E-state index is 12.0. The van der Waals surface area contributed by atoms with Crippen LogP contribution in [-0.4, -0.2) is 23.5 Å². The molecule has 0 aromatic heterocycles. The van der Waals surface area contributed by atoms with Crippen LogP contribution in [0.3, 0.4) is 0 Å². The number of carbonyl (C=O) groups is 2. The van der Waals surface area contributed by atoms with Crippen molar-refractivity contribution < 1.29 is 19.4 Å². The number of anilines is 1. The van der Waals surface area contributed by atoms with Crippen molar-refractivity contribution >= 4 is 17.5 Å². The molecule has 0 fully saturated rings. The normalized spacial score (nSPS) is 10.2. The monoisotopic (exact) mass is 342 g/mol. The predicted molar refractivity (Wildman–Crippen MR) is 95.2 cm³/mol. The van der Waals surface area contributed by atoms with Gasteiger partial charge in [-0.1, -0.05) is 24.3 Å². The van der Waals surface area contributed by atoms with Crippen molar-refractivity contribution in [3.63, 3.8) is 0 Å². The maximum absolute atomic E-state index is 12.0. The van der Waals surface area contributed by atoms with Gasteiger partial charge >= 0.3 is 11.8 Å². The van der Waals surface area contributed by atoms with Crippen molar-refractivity contribution in [2.75, 3.05) is 11.9 Å². The summed E-state index contributed by atoms with van der Waals surface area (Å²) in [7, 11) is 0. The molecule has 3 N–H and O–H groups in total. The lowest BCUT2D eigenvalue weighted by Gasteiger charge is -2.11. The lowest BCUT2D eigenvalue weighted by molar-refractivity contribution is -0.136. The molecule has 2 amide bonds. The first-order valence-corrected chi connectivity index (χ1v) is 8.05. The minimum absolute atomic E-state index is 0.121. The topological polar surface area (TPSA) is 87.7 Å². The largest absolute Gasteiger partial charge is 0.494 e. The van der Waals surface area contributed by atoms with E-state index in [1.54, 1.807) is 36.4 Å². The highest BCUT2D eigenvalue weighted by atomic mass is 16.5. The molecule has 6 heteroatoms. The number of benzene rings is 2. The number of ether oxygens (including phenoxy) is 1. The molecule has 25 heavy (non-hydrogen) atoms. The van der Waals surface area contributed by atoms with Gasteiger partial charge in [0.05, 0.1) is 13.2 Å². The van der Waals surface area contributed by atoms with Gasteiger partial charge in [-0.25, -0.2) is 0 Å². The Morgan fingerprint density at radius 2 is 1.80 bits per heavy atom. The molecule has 0 spiro atoms. The van der Waals surface area contributed by atoms with E-state index in [0.717, 1.165) is 11.1 Å². The van der Waals surface area contributed by atoms with Gasteiger partial charge in [-0.2, -0.15) is 0 Å². The van der Waals surface area contributed by atoms with E-state index in [4.69, 9.17) is 4.74 Å². The van der Waals surface area contributed by atoms with Crippen LogP contribution >= 0.6 is 0 Å². The molecule has 0 aliphatic heterocycles. The maximum Gasteiger partial charge on any atom is 0.313 e. The van der Waals surface area contributed by atoms with Gasteiger partial charge in [0.2, 0.25) is 0 Å². The fourth-order valence-electron chi connectivity index (χ4n) is 2.35. The first-order chi connectivity index (χ1) is 12.0. The number of hydrogen-bond donors (Lipinski definition) is 3. The number of aryl methyl sites for hydroxylation is 1. The van der Waals surface area contributed by atoms with Crippen LogP contribution in [0.5, 0.6) is 5.75 Å². The number of aliphatic hydroxyl groups excluding tert-OH is 1. The van der Waals surface area contributed by atoms with E-state index in [0.29, 0.717) is 23.6 Å². The SMILES string of the molecule is CCOc1ccc(NC(=O)C(=O)NCc2ccccc2CO)c(C)c1. The van der Waals surface area contributed by atoms with Gasteiger partial charge < -0.3 is 20.5 Å². The van der Waals surface area contributed by atoms with Crippen LogP contribution in [-0.2, 0) is 22.7 Å². The minimum atomic E-state index is -0.742. The number of carbonyl (C=O) groups excluding carboxylic acids is 2. The molecular weight excluding hydrogens is 320 g/mol. The van der Waals surface area contributed by atoms with Gasteiger partial charge in [0.1, 0.15) is 5.75 Å². The third-order valence-electron chi connectivity index (χ3n) is 3.69. The van der Waals surface area contributed by atoms with Crippen LogP contribution in [0.25, 0.3) is 0 Å². The summed E-state index contributed by atoms with van der Waals surface area (Å²) >= 11 is 0. The second-order valence-corrected chi connectivity index (χ2v) is 5.47. The molecule has 2 rings (SSSR count). The summed E-state index contributed by atoms with van der Waals surface area (Å²) in [6.45, 7) is 4.33. The van der Waals surface area contributed by atoms with Crippen LogP contribution < -0.4 is 15.4 Å². The second-order valence-electron chi connectivity index (χ2n) is 5.47. The van der Waals surface area contributed by atoms with Crippen LogP contribution in [0.2, 0.25) is 0 Å². The average Bonchev–Trinajstić information content (AvgIpc) is 2.62. The Morgan fingerprint density at radius 1 is 1.08 bits per heavy atom. The average molecular weight is 342 g/mol. The van der Waals surface area contributed by atoms with E-state index in [-0.39, 0.29) is 13.2 Å². The first kappa shape index (κ1) is 18.5. The number of nitrogens with one attached hydrogen (secondary N) is 2. The van der Waals surface area contributed by atoms with Crippen LogP contribution in [0.4, 0.5) is 5.69 Å². The van der Waals surface area contributed by atoms with Gasteiger partial charge in [0, 0.05) is 12.2 Å². The summed E-state index contributed by atoms with van der Waals surface area (Å²) in [4.78, 5) is 24.0. The van der Waals surface area contributed by atoms with Crippen molar-refractivity contribution in [2.45, 2.75) is 27.0 Å². The highest BCUT2D eigenvalue weighted by Crippen LogP contribution is 2.21. The molecule has 0 unspecified atom stereocenters. The lowest BCUT2D eigenvalue weighted by Crippen LogP contribution is -2.35. The molecule has 6 nitrogen and oxygen atoms in total. The molecule has 0 saturated carbocycles. The fraction of sp³-hybridized carbons (Fsp3) is 0.263. The first-order valence-electron chi connectivity index (χ1n) is 8.05. The zero-order valence-corrected chi connectivity index (χ0v) is 14.3. The summed E-state index contributed by atoms with van der Waals surface area (Å²) in [5.74, 6) is -0.766. The van der Waals surface area contributed by atoms with Crippen molar-refractivity contribution in [3.05, 3.63) is 59.2 Å². The summed E-state index contributed by atoms with van der Waals surface area (Å²) in [6.07, 6.45) is 0. The fourth-order valence-corrected chi connectivity index (χ4v) is 2.35. The van der Waals surface area contributed by atoms with Crippen LogP contribution in [0, 0.1) is 6.92 Å². The molecule has 132 valence electrons. The van der Waals surface area contributed by atoms with Crippen molar-refractivity contribution in [1.82, 2.24) is 5.32 Å². The van der Waals surface area contributed by atoms with Crippen LogP contribution in [0.15, 0.2) is 42.5 Å². The van der Waals surface area contributed by atoms with Gasteiger partial charge in [0.15, 0.2) is 0 Å². The molecule has 0 bridgehead atoms. The Morgan fingerprint density at radius 3 is 2.44 bits per heavy atom. The number of amides is 2. The Labute approximate surface area is 146 Å². The molecule has 2 aromatic rings. The molecule has 0 radical (unpaired) electrons. The minimum Gasteiger partial charge on any atom is -0.494 e. The van der Waals surface area contributed by atoms with E-state index in [1.807, 2.05) is 19.9 Å². The summed E-state index contributed by atoms with van der Waals surface area (Å²) in [6, 6.07) is 12.4. The summed E-state index contributed by atoms with van der Waals surface area (Å²) in [5.41, 5.74) is 2.84. The second kappa shape index (κ2) is 8.84. The molecule has 0 atom stereocenters. The quantitative estimate of drug-likeness (QED) is 0.702. The Bertz CT molecular complexity index is 759. The van der Waals surface area contributed by atoms with E-state index >= 15 is 0 Å². The molecular formula is C19H22N2O4. The highest BCUT2D eigenvalue weighted by molar-refractivity contribution is 6.39. The molecule has 0 aliphatic rings. The summed E-state index contributed by atoms with van der Waals surface area (Å²) < 4.78 is 5.39. The summed E-state index contributed by atoms with van der Waals surface area (Å²) in [5, 5.41) is 14.4. The smallest absolute Gasteiger partial charge is 0.313 e. The Hall–Kier alpha value is -2.86. The zero-order chi connectivity index (χ0) is 18.2. The number of rotatable bonds is 6. The third-order valence-corrected chi connectivity index (χ3v) is 3.69. The highest BCUT2D eigenvalue weighted by Gasteiger charge is 2.15. The molecule has 2 aromatic carbocycles. The van der Waals surface area contributed by atoms with E-state index in [1.165, 1.54) is 0 Å². The molecule has 0 heterocycles. The van der Waals surface area contributed by atoms with Gasteiger partial charge in [0.25, 0.3) is 0 Å². The van der Waals surface area contributed by atoms with Gasteiger partial charge in [-0.15, -0.1) is 0 Å². The third kappa shape index (κ3) is 5.06. The molecule has 0 saturated heterocycles. The van der Waals surface area contributed by atoms with Crippen molar-refractivity contribution in [3.8, 4) is 5.75 Å². The Balaban J connectivity index is 1.95. The van der Waals surface area contributed by atoms with Crippen molar-refractivity contribution in [1.29, 1.82) is 0 Å². The van der Waals surface area contributed by atoms with E-state index in [2.05, 4.69) is 10.6 Å². The van der Waals surface area contributed by atoms with Gasteiger partial charge in [-0.3, -0.25) is 9.59 Å². The standard InChI is InChI=1S/C19H22N2O4/c1-3-25-16-8-9-17(13(2)10-16)21-19(24)18(23)20-11-14-6-4-5-7-15(14)12-22/h4-10,22H,3,11-12H2,1-2H3,(H,20,23)(H,21,24). The number of hydrogen-bond acceptors (Lipinski definition) is 4. The van der Waals surface area contributed by atoms with Crippen molar-refractivity contribution in [2.24, 2.45) is 0 Å². The number of aliphatic hydroxyl groups is 1. The lowest BCUT2D eigenvalue weighted by atomic mass is 10.1. The van der Waals surface area contributed by atoms with Crippen LogP contribution in [0.1, 0.15) is 23.6 Å². The molecule has 0 aliphatic carbocycles.